The summed E-state index contributed by atoms with van der Waals surface area (Å²) in [5.41, 5.74) is 0.843. The zero-order valence-corrected chi connectivity index (χ0v) is 17.8. The molecule has 160 valence electrons. The maximum Gasteiger partial charge on any atom is 0.267 e. The van der Waals surface area contributed by atoms with Crippen LogP contribution in [0, 0.1) is 0 Å². The van der Waals surface area contributed by atoms with Crippen LogP contribution in [0.3, 0.4) is 0 Å². The van der Waals surface area contributed by atoms with E-state index >= 15 is 0 Å². The van der Waals surface area contributed by atoms with E-state index in [1.807, 2.05) is 30.3 Å². The van der Waals surface area contributed by atoms with Crippen LogP contribution in [0.4, 0.5) is 0 Å². The minimum atomic E-state index is -0.450. The highest BCUT2D eigenvalue weighted by atomic mass is 32.2. The summed E-state index contributed by atoms with van der Waals surface area (Å²) in [6, 6.07) is 16.5. The molecule has 32 heavy (non-hydrogen) atoms. The van der Waals surface area contributed by atoms with Crippen LogP contribution in [-0.4, -0.2) is 36.1 Å². The third-order valence-electron chi connectivity index (χ3n) is 5.29. The van der Waals surface area contributed by atoms with E-state index in [0.29, 0.717) is 28.4 Å². The van der Waals surface area contributed by atoms with Gasteiger partial charge < -0.3 is 9.88 Å². The molecule has 0 saturated heterocycles. The smallest absolute Gasteiger partial charge is 0.267 e. The number of aromatic amines is 1. The predicted molar refractivity (Wildman–Crippen MR) is 122 cm³/mol. The minimum Gasteiger partial charge on any atom is -0.327 e. The number of aromatic nitrogens is 4. The van der Waals surface area contributed by atoms with Crippen LogP contribution < -0.4 is 11.1 Å². The Morgan fingerprint density at radius 1 is 1.06 bits per heavy atom. The van der Waals surface area contributed by atoms with Crippen LogP contribution in [0.15, 0.2) is 75.5 Å². The summed E-state index contributed by atoms with van der Waals surface area (Å²) in [6.45, 7) is 0.834. The van der Waals surface area contributed by atoms with Crippen molar-refractivity contribution >= 4 is 28.6 Å². The van der Waals surface area contributed by atoms with Crippen LogP contribution in [-0.2, 0) is 19.6 Å². The van der Waals surface area contributed by atoms with Gasteiger partial charge in [0.05, 0.1) is 17.4 Å². The predicted octanol–water partition coefficient (Wildman–Crippen LogP) is 2.43. The van der Waals surface area contributed by atoms with Crippen LogP contribution in [0.25, 0.3) is 10.9 Å². The second-order valence-corrected chi connectivity index (χ2v) is 8.50. The maximum absolute atomic E-state index is 13.5. The highest BCUT2D eigenvalue weighted by molar-refractivity contribution is 7.99. The average Bonchev–Trinajstić information content (AvgIpc) is 3.29. The van der Waals surface area contributed by atoms with Crippen molar-refractivity contribution in [2.24, 2.45) is 0 Å². The number of hydrogen-bond donors (Lipinski definition) is 1. The van der Waals surface area contributed by atoms with Gasteiger partial charge in [-0.15, -0.1) is 0 Å². The van der Waals surface area contributed by atoms with Crippen LogP contribution >= 0.6 is 11.8 Å². The van der Waals surface area contributed by atoms with Gasteiger partial charge >= 0.3 is 0 Å². The van der Waals surface area contributed by atoms with Gasteiger partial charge in [0.15, 0.2) is 5.16 Å². The van der Waals surface area contributed by atoms with Crippen LogP contribution in [0.5, 0.6) is 0 Å². The van der Waals surface area contributed by atoms with Crippen molar-refractivity contribution in [2.45, 2.75) is 24.8 Å². The minimum absolute atomic E-state index is 0.00955. The molecule has 0 spiro atoms. The zero-order valence-electron chi connectivity index (χ0n) is 17.0. The number of thioether (sulfide) groups is 1. The Kier molecular flexibility index (Phi) is 5.32. The summed E-state index contributed by atoms with van der Waals surface area (Å²) < 4.78 is 1.54. The Morgan fingerprint density at radius 2 is 1.84 bits per heavy atom. The van der Waals surface area contributed by atoms with Gasteiger partial charge in [-0.2, -0.15) is 0 Å². The van der Waals surface area contributed by atoms with Crippen molar-refractivity contribution in [3.05, 3.63) is 98.5 Å². The first-order chi connectivity index (χ1) is 15.6. The van der Waals surface area contributed by atoms with Gasteiger partial charge in [-0.1, -0.05) is 54.2 Å². The lowest BCUT2D eigenvalue weighted by atomic mass is 10.2. The Bertz CT molecular complexity index is 1430. The summed E-state index contributed by atoms with van der Waals surface area (Å²) in [5, 5.41) is 1.11. The molecule has 9 heteroatoms. The van der Waals surface area contributed by atoms with Crippen LogP contribution in [0.2, 0.25) is 0 Å². The van der Waals surface area contributed by atoms with E-state index in [-0.39, 0.29) is 29.8 Å². The van der Waals surface area contributed by atoms with Gasteiger partial charge in [0.25, 0.3) is 17.0 Å². The number of fused-ring (bicyclic) bond motifs is 2. The lowest BCUT2D eigenvalue weighted by Crippen LogP contribution is -2.37. The van der Waals surface area contributed by atoms with Crippen molar-refractivity contribution in [3.8, 4) is 0 Å². The molecule has 1 amide bonds. The SMILES string of the molecule is O=C(c1cnc2n(c1=O)CCS2)N(Cc1ccccc1)Cc1nc2ccccc2c(=O)[nH]1. The zero-order chi connectivity index (χ0) is 22.1. The number of benzene rings is 2. The Hall–Kier alpha value is -3.72. The van der Waals surface area contributed by atoms with Crippen molar-refractivity contribution in [3.63, 3.8) is 0 Å². The van der Waals surface area contributed by atoms with Gasteiger partial charge in [-0.3, -0.25) is 19.0 Å². The van der Waals surface area contributed by atoms with Crippen molar-refractivity contribution in [1.82, 2.24) is 24.4 Å². The third-order valence-corrected chi connectivity index (χ3v) is 6.26. The summed E-state index contributed by atoms with van der Waals surface area (Å²) in [6.07, 6.45) is 1.35. The number of carbonyl (C=O) groups excluding carboxylic acids is 1. The number of H-pyrrole nitrogens is 1. The molecule has 1 aliphatic heterocycles. The van der Waals surface area contributed by atoms with Gasteiger partial charge in [0, 0.05) is 25.0 Å². The summed E-state index contributed by atoms with van der Waals surface area (Å²) in [7, 11) is 0. The first kappa shape index (κ1) is 20.2. The van der Waals surface area contributed by atoms with Gasteiger partial charge in [0.1, 0.15) is 11.4 Å². The first-order valence-corrected chi connectivity index (χ1v) is 11.1. The Labute approximate surface area is 187 Å². The molecule has 1 aliphatic rings. The quantitative estimate of drug-likeness (QED) is 0.474. The standard InChI is InChI=1S/C23H19N5O3S/c29-20-16-8-4-5-9-18(16)25-19(26-20)14-27(13-15-6-2-1-3-7-15)21(30)17-12-24-23-28(22(17)31)10-11-32-23/h1-9,12H,10-11,13-14H2,(H,25,26,29). The highest BCUT2D eigenvalue weighted by Crippen LogP contribution is 2.21. The fourth-order valence-electron chi connectivity index (χ4n) is 3.73. The number of rotatable bonds is 5. The Morgan fingerprint density at radius 3 is 2.69 bits per heavy atom. The van der Waals surface area contributed by atoms with E-state index < -0.39 is 5.91 Å². The van der Waals surface area contributed by atoms with E-state index in [4.69, 9.17) is 0 Å². The fraction of sp³-hybridized carbons (Fsp3) is 0.174. The molecule has 0 aliphatic carbocycles. The van der Waals surface area contributed by atoms with Crippen molar-refractivity contribution in [1.29, 1.82) is 0 Å². The molecule has 0 bridgehead atoms. The van der Waals surface area contributed by atoms with E-state index in [9.17, 15) is 14.4 Å². The topological polar surface area (TPSA) is 101 Å². The van der Waals surface area contributed by atoms with E-state index in [2.05, 4.69) is 15.0 Å². The number of hydrogen-bond acceptors (Lipinski definition) is 6. The van der Waals surface area contributed by atoms with Gasteiger partial charge in [-0.25, -0.2) is 9.97 Å². The normalized spacial score (nSPS) is 12.6. The van der Waals surface area contributed by atoms with E-state index in [1.165, 1.54) is 27.4 Å². The van der Waals surface area contributed by atoms with Gasteiger partial charge in [-0.05, 0) is 17.7 Å². The second-order valence-electron chi connectivity index (χ2n) is 7.44. The molecule has 2 aromatic heterocycles. The third kappa shape index (κ3) is 3.82. The van der Waals surface area contributed by atoms with Crippen molar-refractivity contribution < 1.29 is 4.79 Å². The molecule has 1 N–H and O–H groups in total. The second kappa shape index (κ2) is 8.43. The van der Waals surface area contributed by atoms with E-state index in [0.717, 1.165) is 11.3 Å². The molecule has 2 aromatic carbocycles. The molecule has 0 unspecified atom stereocenters. The highest BCUT2D eigenvalue weighted by Gasteiger charge is 2.25. The molecule has 5 rings (SSSR count). The monoisotopic (exact) mass is 445 g/mol. The summed E-state index contributed by atoms with van der Waals surface area (Å²) in [5.74, 6) is 0.660. The molecular formula is C23H19N5O3S. The lowest BCUT2D eigenvalue weighted by Gasteiger charge is -2.22. The molecule has 8 nitrogen and oxygen atoms in total. The number of para-hydroxylation sites is 1. The number of nitrogens with zero attached hydrogens (tertiary/aromatic N) is 4. The Balaban J connectivity index is 1.53. The molecule has 0 saturated carbocycles. The summed E-state index contributed by atoms with van der Waals surface area (Å²) >= 11 is 1.50. The molecule has 3 heterocycles. The van der Waals surface area contributed by atoms with E-state index in [1.54, 1.807) is 24.3 Å². The van der Waals surface area contributed by atoms with Crippen LogP contribution in [0.1, 0.15) is 21.7 Å². The number of carbonyl (C=O) groups is 1. The first-order valence-electron chi connectivity index (χ1n) is 10.1. The number of amides is 1. The summed E-state index contributed by atoms with van der Waals surface area (Å²) in [4.78, 5) is 52.0. The average molecular weight is 446 g/mol. The molecule has 0 fully saturated rings. The van der Waals surface area contributed by atoms with Gasteiger partial charge in [0.2, 0.25) is 0 Å². The lowest BCUT2D eigenvalue weighted by molar-refractivity contribution is 0.0722. The molecule has 0 radical (unpaired) electrons. The maximum atomic E-state index is 13.5. The fourth-order valence-corrected chi connectivity index (χ4v) is 4.64. The molecule has 4 aromatic rings. The molecule has 0 atom stereocenters. The largest absolute Gasteiger partial charge is 0.327 e. The van der Waals surface area contributed by atoms with Crippen molar-refractivity contribution in [2.75, 3.05) is 5.75 Å². The molecular weight excluding hydrogens is 426 g/mol. The number of nitrogens with one attached hydrogen (secondary N) is 1.